The average molecular weight is 391 g/mol. The normalized spacial score (nSPS) is 16.5. The van der Waals surface area contributed by atoms with Gasteiger partial charge in [0.2, 0.25) is 0 Å². The van der Waals surface area contributed by atoms with E-state index in [-0.39, 0.29) is 18.5 Å². The van der Waals surface area contributed by atoms with E-state index in [0.717, 1.165) is 29.7 Å². The van der Waals surface area contributed by atoms with Crippen LogP contribution in [-0.2, 0) is 9.59 Å². The Hall–Kier alpha value is -2.08. The summed E-state index contributed by atoms with van der Waals surface area (Å²) in [6, 6.07) is 6.34. The van der Waals surface area contributed by atoms with Crippen molar-refractivity contribution in [3.8, 4) is 5.75 Å². The van der Waals surface area contributed by atoms with Crippen LogP contribution in [0.4, 0.5) is 0 Å². The second-order valence-electron chi connectivity index (χ2n) is 7.97. The Kier molecular flexibility index (Phi) is 7.87. The smallest absolute Gasteiger partial charge is 0.317 e. The lowest BCUT2D eigenvalue weighted by Gasteiger charge is -2.38. The molecular formula is C22H34N2O4. The predicted octanol–water partition coefficient (Wildman–Crippen LogP) is 3.28. The molecule has 1 fully saturated rings. The Morgan fingerprint density at radius 1 is 1.25 bits per heavy atom. The van der Waals surface area contributed by atoms with Gasteiger partial charge in [-0.05, 0) is 56.3 Å². The third-order valence-electron chi connectivity index (χ3n) is 5.48. The largest absolute Gasteiger partial charge is 0.481 e. The van der Waals surface area contributed by atoms with E-state index in [1.54, 1.807) is 0 Å². The molecule has 1 amide bonds. The van der Waals surface area contributed by atoms with Crippen molar-refractivity contribution in [2.45, 2.75) is 65.5 Å². The van der Waals surface area contributed by atoms with Gasteiger partial charge in [0.25, 0.3) is 5.91 Å². The number of aliphatic carboxylic acids is 1. The van der Waals surface area contributed by atoms with E-state index < -0.39 is 12.1 Å². The van der Waals surface area contributed by atoms with Crippen molar-refractivity contribution in [3.63, 3.8) is 0 Å². The van der Waals surface area contributed by atoms with E-state index in [9.17, 15) is 9.59 Å². The molecule has 0 radical (unpaired) electrons. The maximum Gasteiger partial charge on any atom is 0.317 e. The van der Waals surface area contributed by atoms with E-state index >= 15 is 0 Å². The van der Waals surface area contributed by atoms with Crippen molar-refractivity contribution in [3.05, 3.63) is 29.3 Å². The third kappa shape index (κ3) is 5.71. The molecule has 0 bridgehead atoms. The summed E-state index contributed by atoms with van der Waals surface area (Å²) < 4.78 is 6.07. The summed E-state index contributed by atoms with van der Waals surface area (Å²) in [5, 5.41) is 9.06. The molecule has 1 aromatic carbocycles. The van der Waals surface area contributed by atoms with Crippen molar-refractivity contribution in [2.75, 3.05) is 26.2 Å². The van der Waals surface area contributed by atoms with Crippen molar-refractivity contribution in [2.24, 2.45) is 0 Å². The number of nitrogens with zero attached hydrogens (tertiary/aromatic N) is 2. The fourth-order valence-electron chi connectivity index (χ4n) is 3.84. The van der Waals surface area contributed by atoms with Crippen molar-refractivity contribution >= 4 is 11.9 Å². The second-order valence-corrected chi connectivity index (χ2v) is 7.97. The minimum absolute atomic E-state index is 0.00375. The second kappa shape index (κ2) is 9.92. The molecule has 1 heterocycles. The molecule has 156 valence electrons. The summed E-state index contributed by atoms with van der Waals surface area (Å²) in [4.78, 5) is 27.7. The molecule has 6 nitrogen and oxygen atoms in total. The number of aryl methyl sites for hydroxylation is 1. The number of ether oxygens (including phenoxy) is 1. The van der Waals surface area contributed by atoms with E-state index in [1.165, 1.54) is 0 Å². The molecule has 6 heteroatoms. The van der Waals surface area contributed by atoms with Gasteiger partial charge in [-0.3, -0.25) is 14.5 Å². The molecule has 0 spiro atoms. The van der Waals surface area contributed by atoms with E-state index in [2.05, 4.69) is 26.0 Å². The lowest BCUT2D eigenvalue weighted by molar-refractivity contribution is -0.142. The first-order valence-corrected chi connectivity index (χ1v) is 10.2. The van der Waals surface area contributed by atoms with Gasteiger partial charge in [-0.2, -0.15) is 0 Å². The number of carboxylic acids is 1. The monoisotopic (exact) mass is 390 g/mol. The molecule has 1 N–H and O–H groups in total. The van der Waals surface area contributed by atoms with Crippen LogP contribution >= 0.6 is 0 Å². The lowest BCUT2D eigenvalue weighted by atomic mass is 10.0. The molecule has 0 aromatic heterocycles. The van der Waals surface area contributed by atoms with Crippen LogP contribution in [0.1, 0.15) is 57.6 Å². The Balaban J connectivity index is 1.96. The highest BCUT2D eigenvalue weighted by Gasteiger charge is 2.30. The van der Waals surface area contributed by atoms with Gasteiger partial charge in [-0.15, -0.1) is 0 Å². The maximum atomic E-state index is 12.9. The third-order valence-corrected chi connectivity index (χ3v) is 5.48. The van der Waals surface area contributed by atoms with Gasteiger partial charge < -0.3 is 14.7 Å². The minimum atomic E-state index is -0.804. The molecule has 1 saturated heterocycles. The van der Waals surface area contributed by atoms with Crippen LogP contribution in [0.3, 0.4) is 0 Å². The SMILES string of the molecule is CCN(CC(=O)O)C1CCN(C(=O)C(C)Oc2cc(C)ccc2C(C)C)CC1. The van der Waals surface area contributed by atoms with Crippen molar-refractivity contribution in [1.82, 2.24) is 9.80 Å². The Morgan fingerprint density at radius 2 is 1.89 bits per heavy atom. The summed E-state index contributed by atoms with van der Waals surface area (Å²) in [6.45, 7) is 12.1. The molecule has 0 saturated carbocycles. The van der Waals surface area contributed by atoms with Gasteiger partial charge in [-0.25, -0.2) is 0 Å². The Bertz CT molecular complexity index is 681. The van der Waals surface area contributed by atoms with Gasteiger partial charge in [0.15, 0.2) is 6.10 Å². The number of amides is 1. The van der Waals surface area contributed by atoms with Gasteiger partial charge >= 0.3 is 5.97 Å². The number of hydrogen-bond acceptors (Lipinski definition) is 4. The highest BCUT2D eigenvalue weighted by Crippen LogP contribution is 2.29. The van der Waals surface area contributed by atoms with Crippen molar-refractivity contribution in [1.29, 1.82) is 0 Å². The zero-order chi connectivity index (χ0) is 20.8. The lowest BCUT2D eigenvalue weighted by Crippen LogP contribution is -2.50. The number of rotatable bonds is 8. The van der Waals surface area contributed by atoms with Crippen LogP contribution in [0, 0.1) is 6.92 Å². The topological polar surface area (TPSA) is 70.1 Å². The number of hydrogen-bond donors (Lipinski definition) is 1. The maximum absolute atomic E-state index is 12.9. The number of piperidine rings is 1. The van der Waals surface area contributed by atoms with Crippen molar-refractivity contribution < 1.29 is 19.4 Å². The first kappa shape index (κ1) is 22.2. The molecule has 2 rings (SSSR count). The van der Waals surface area contributed by atoms with Gasteiger partial charge in [-0.1, -0.05) is 32.9 Å². The molecular weight excluding hydrogens is 356 g/mol. The quantitative estimate of drug-likeness (QED) is 0.738. The molecule has 1 aromatic rings. The number of benzene rings is 1. The summed E-state index contributed by atoms with van der Waals surface area (Å²) >= 11 is 0. The van der Waals surface area contributed by atoms with E-state index in [4.69, 9.17) is 9.84 Å². The summed E-state index contributed by atoms with van der Waals surface area (Å²) in [7, 11) is 0. The standard InChI is InChI=1S/C22H34N2O4/c1-6-23(14-21(25)26)18-9-11-24(12-10-18)22(27)17(5)28-20-13-16(4)7-8-19(20)15(2)3/h7-8,13,15,17-18H,6,9-12,14H2,1-5H3,(H,25,26). The predicted molar refractivity (Wildman–Crippen MR) is 110 cm³/mol. The van der Waals surface area contributed by atoms with Crippen LogP contribution in [0.15, 0.2) is 18.2 Å². The van der Waals surface area contributed by atoms with Crippen LogP contribution in [-0.4, -0.2) is 65.1 Å². The number of carbonyl (C=O) groups excluding carboxylic acids is 1. The fourth-order valence-corrected chi connectivity index (χ4v) is 3.84. The number of likely N-dealkylation sites (tertiary alicyclic amines) is 1. The Labute approximate surface area is 168 Å². The molecule has 1 atom stereocenters. The number of carboxylic acid groups (broad SMARTS) is 1. The summed E-state index contributed by atoms with van der Waals surface area (Å²) in [6.07, 6.45) is 1.04. The molecule has 1 aliphatic rings. The van der Waals surface area contributed by atoms with Crippen LogP contribution in [0.25, 0.3) is 0 Å². The first-order valence-electron chi connectivity index (χ1n) is 10.2. The summed E-state index contributed by atoms with van der Waals surface area (Å²) in [5.74, 6) is 0.296. The summed E-state index contributed by atoms with van der Waals surface area (Å²) in [5.41, 5.74) is 2.22. The van der Waals surface area contributed by atoms with Crippen LogP contribution in [0.5, 0.6) is 5.75 Å². The highest BCUT2D eigenvalue weighted by atomic mass is 16.5. The zero-order valence-corrected chi connectivity index (χ0v) is 17.8. The van der Waals surface area contributed by atoms with E-state index in [1.807, 2.05) is 36.6 Å². The van der Waals surface area contributed by atoms with E-state index in [0.29, 0.717) is 25.6 Å². The van der Waals surface area contributed by atoms with Gasteiger partial charge in [0, 0.05) is 19.1 Å². The average Bonchev–Trinajstić information content (AvgIpc) is 2.65. The fraction of sp³-hybridized carbons (Fsp3) is 0.636. The molecule has 0 aliphatic carbocycles. The zero-order valence-electron chi connectivity index (χ0n) is 17.8. The van der Waals surface area contributed by atoms with Gasteiger partial charge in [0.1, 0.15) is 5.75 Å². The molecule has 1 aliphatic heterocycles. The number of likely N-dealkylation sites (N-methyl/N-ethyl adjacent to an activating group) is 1. The van der Waals surface area contributed by atoms with Crippen LogP contribution < -0.4 is 4.74 Å². The minimum Gasteiger partial charge on any atom is -0.481 e. The highest BCUT2D eigenvalue weighted by molar-refractivity contribution is 5.81. The molecule has 28 heavy (non-hydrogen) atoms. The van der Waals surface area contributed by atoms with Crippen LogP contribution in [0.2, 0.25) is 0 Å². The molecule has 1 unspecified atom stereocenters. The number of carbonyl (C=O) groups is 2. The Morgan fingerprint density at radius 3 is 2.43 bits per heavy atom. The van der Waals surface area contributed by atoms with Gasteiger partial charge in [0.05, 0.1) is 6.54 Å². The first-order chi connectivity index (χ1) is 13.2.